The topological polar surface area (TPSA) is 63.1 Å². The molecule has 2 aromatic carbocycles. The first-order chi connectivity index (χ1) is 16.5. The second kappa shape index (κ2) is 10.8. The molecule has 2 fully saturated rings. The predicted octanol–water partition coefficient (Wildman–Crippen LogP) is 5.96. The molecule has 35 heavy (non-hydrogen) atoms. The second-order valence-electron chi connectivity index (χ2n) is 10.1. The standard InChI is InChI=1S/C29H34N4O.ClH/c1-20-7-5-8-21(2)27(20)23-12-15-32(16-13-23)19-25-24-10-3-4-11-26(24)31-28(25)29(34)33-14-6-9-22(17-30)18-33;/h3-5,7-8,10-11,22-23,31H,6,9,12-16,18-19H2,1-2H3;1H/t22-;/m1./s1. The minimum absolute atomic E-state index is 0. The van der Waals surface area contributed by atoms with E-state index in [0.717, 1.165) is 68.3 Å². The molecule has 0 unspecified atom stereocenters. The summed E-state index contributed by atoms with van der Waals surface area (Å²) in [4.78, 5) is 21.4. The van der Waals surface area contributed by atoms with Crippen LogP contribution in [0.15, 0.2) is 42.5 Å². The summed E-state index contributed by atoms with van der Waals surface area (Å²) in [5.74, 6) is 0.587. The van der Waals surface area contributed by atoms with Gasteiger partial charge in [-0.1, -0.05) is 36.4 Å². The van der Waals surface area contributed by atoms with Crippen molar-refractivity contribution < 1.29 is 4.79 Å². The van der Waals surface area contributed by atoms with Gasteiger partial charge in [0.2, 0.25) is 0 Å². The van der Waals surface area contributed by atoms with Crippen LogP contribution in [-0.2, 0) is 6.54 Å². The number of benzene rings is 2. The smallest absolute Gasteiger partial charge is 0.270 e. The zero-order valence-electron chi connectivity index (χ0n) is 20.7. The van der Waals surface area contributed by atoms with Gasteiger partial charge in [-0.3, -0.25) is 9.69 Å². The molecule has 6 heteroatoms. The Hall–Kier alpha value is -2.81. The lowest BCUT2D eigenvalue weighted by Crippen LogP contribution is -2.40. The van der Waals surface area contributed by atoms with Gasteiger partial charge < -0.3 is 9.88 Å². The van der Waals surface area contributed by atoms with E-state index in [1.807, 2.05) is 17.0 Å². The number of rotatable bonds is 4. The first-order valence-corrected chi connectivity index (χ1v) is 12.6. The number of hydrogen-bond acceptors (Lipinski definition) is 3. The van der Waals surface area contributed by atoms with Crippen molar-refractivity contribution in [1.29, 1.82) is 5.26 Å². The number of likely N-dealkylation sites (tertiary alicyclic amines) is 2. The number of carbonyl (C=O) groups is 1. The van der Waals surface area contributed by atoms with Gasteiger partial charge in [-0.15, -0.1) is 12.4 Å². The van der Waals surface area contributed by atoms with E-state index < -0.39 is 0 Å². The average Bonchev–Trinajstić information content (AvgIpc) is 3.23. The predicted molar refractivity (Wildman–Crippen MR) is 143 cm³/mol. The van der Waals surface area contributed by atoms with Gasteiger partial charge in [0.15, 0.2) is 0 Å². The number of fused-ring (bicyclic) bond motifs is 1. The molecule has 0 radical (unpaired) electrons. The van der Waals surface area contributed by atoms with Crippen LogP contribution in [0.5, 0.6) is 0 Å². The summed E-state index contributed by atoms with van der Waals surface area (Å²) >= 11 is 0. The molecular formula is C29H35ClN4O. The lowest BCUT2D eigenvalue weighted by Gasteiger charge is -2.34. The van der Waals surface area contributed by atoms with Crippen molar-refractivity contribution in [1.82, 2.24) is 14.8 Å². The molecule has 5 rings (SSSR count). The lowest BCUT2D eigenvalue weighted by atomic mass is 9.84. The molecule has 2 saturated heterocycles. The number of nitrogens with zero attached hydrogens (tertiary/aromatic N) is 3. The number of carbonyl (C=O) groups excluding carboxylic acids is 1. The maximum absolute atomic E-state index is 13.6. The Morgan fingerprint density at radius 3 is 2.46 bits per heavy atom. The van der Waals surface area contributed by atoms with Gasteiger partial charge in [0.05, 0.1) is 12.0 Å². The van der Waals surface area contributed by atoms with Crippen molar-refractivity contribution >= 4 is 29.2 Å². The molecular weight excluding hydrogens is 456 g/mol. The summed E-state index contributed by atoms with van der Waals surface area (Å²) in [5.41, 5.74) is 7.16. The third-order valence-corrected chi connectivity index (χ3v) is 7.84. The summed E-state index contributed by atoms with van der Waals surface area (Å²) in [6.07, 6.45) is 4.07. The van der Waals surface area contributed by atoms with E-state index in [0.29, 0.717) is 18.2 Å². The van der Waals surface area contributed by atoms with Gasteiger partial charge in [0.1, 0.15) is 5.69 Å². The van der Waals surface area contributed by atoms with Gasteiger partial charge in [-0.2, -0.15) is 5.26 Å². The summed E-state index contributed by atoms with van der Waals surface area (Å²) in [6, 6.07) is 17.2. The molecule has 1 atom stereocenters. The number of nitriles is 1. The molecule has 2 aliphatic rings. The Balaban J connectivity index is 0.00000289. The van der Waals surface area contributed by atoms with Gasteiger partial charge in [-0.05, 0) is 81.3 Å². The fourth-order valence-electron chi connectivity index (χ4n) is 6.05. The fourth-order valence-corrected chi connectivity index (χ4v) is 6.05. The highest BCUT2D eigenvalue weighted by atomic mass is 35.5. The van der Waals surface area contributed by atoms with Gasteiger partial charge >= 0.3 is 0 Å². The van der Waals surface area contributed by atoms with E-state index >= 15 is 0 Å². The molecule has 0 aliphatic carbocycles. The normalized spacial score (nSPS) is 19.3. The molecule has 3 heterocycles. The second-order valence-corrected chi connectivity index (χ2v) is 10.1. The van der Waals surface area contributed by atoms with Gasteiger partial charge in [0.25, 0.3) is 5.91 Å². The Labute approximate surface area is 214 Å². The monoisotopic (exact) mass is 490 g/mol. The molecule has 1 aromatic heterocycles. The van der Waals surface area contributed by atoms with Gasteiger partial charge in [-0.25, -0.2) is 0 Å². The first-order valence-electron chi connectivity index (χ1n) is 12.6. The van der Waals surface area contributed by atoms with Crippen LogP contribution >= 0.6 is 12.4 Å². The van der Waals surface area contributed by atoms with Crippen molar-refractivity contribution in [2.45, 2.75) is 52.0 Å². The number of H-pyrrole nitrogens is 1. The van der Waals surface area contributed by atoms with E-state index in [9.17, 15) is 10.1 Å². The minimum atomic E-state index is -0.0607. The minimum Gasteiger partial charge on any atom is -0.350 e. The van der Waals surface area contributed by atoms with Crippen molar-refractivity contribution in [2.75, 3.05) is 26.2 Å². The lowest BCUT2D eigenvalue weighted by molar-refractivity contribution is 0.0691. The summed E-state index contributed by atoms with van der Waals surface area (Å²) in [7, 11) is 0. The molecule has 0 saturated carbocycles. The van der Waals surface area contributed by atoms with Gasteiger partial charge in [0, 0.05) is 36.1 Å². The maximum atomic E-state index is 13.6. The Kier molecular flexibility index (Phi) is 7.84. The number of aryl methyl sites for hydroxylation is 2. The average molecular weight is 491 g/mol. The Bertz CT molecular complexity index is 1210. The van der Waals surface area contributed by atoms with Crippen LogP contribution in [0.2, 0.25) is 0 Å². The molecule has 0 bridgehead atoms. The number of para-hydroxylation sites is 1. The van der Waals surface area contributed by atoms with Crippen molar-refractivity contribution in [3.8, 4) is 6.07 Å². The van der Waals surface area contributed by atoms with Crippen LogP contribution in [0.4, 0.5) is 0 Å². The molecule has 1 amide bonds. The van der Waals surface area contributed by atoms with Crippen LogP contribution in [0.3, 0.4) is 0 Å². The number of aromatic nitrogens is 1. The fraction of sp³-hybridized carbons (Fsp3) is 0.448. The highest BCUT2D eigenvalue weighted by molar-refractivity contribution is 6.01. The van der Waals surface area contributed by atoms with E-state index in [1.165, 1.54) is 16.7 Å². The molecule has 1 N–H and O–H groups in total. The zero-order chi connectivity index (χ0) is 23.7. The molecule has 0 spiro atoms. The summed E-state index contributed by atoms with van der Waals surface area (Å²) < 4.78 is 0. The quantitative estimate of drug-likeness (QED) is 0.490. The van der Waals surface area contributed by atoms with Crippen LogP contribution in [-0.4, -0.2) is 46.9 Å². The van der Waals surface area contributed by atoms with Crippen molar-refractivity contribution in [2.24, 2.45) is 5.92 Å². The number of hydrogen-bond donors (Lipinski definition) is 1. The van der Waals surface area contributed by atoms with Crippen LogP contribution in [0.25, 0.3) is 10.9 Å². The van der Waals surface area contributed by atoms with E-state index in [1.54, 1.807) is 0 Å². The molecule has 5 nitrogen and oxygen atoms in total. The van der Waals surface area contributed by atoms with Crippen LogP contribution in [0.1, 0.15) is 64.3 Å². The summed E-state index contributed by atoms with van der Waals surface area (Å²) in [6.45, 7) is 8.57. The third-order valence-electron chi connectivity index (χ3n) is 7.84. The van der Waals surface area contributed by atoms with E-state index in [2.05, 4.69) is 60.1 Å². The number of nitrogens with one attached hydrogen (secondary N) is 1. The Morgan fingerprint density at radius 2 is 1.74 bits per heavy atom. The highest BCUT2D eigenvalue weighted by Crippen LogP contribution is 2.34. The molecule has 2 aliphatic heterocycles. The number of piperidine rings is 2. The zero-order valence-corrected chi connectivity index (χ0v) is 21.5. The number of amides is 1. The first kappa shape index (κ1) is 25.3. The highest BCUT2D eigenvalue weighted by Gasteiger charge is 2.29. The maximum Gasteiger partial charge on any atom is 0.270 e. The van der Waals surface area contributed by atoms with Crippen molar-refractivity contribution in [3.63, 3.8) is 0 Å². The molecule has 184 valence electrons. The van der Waals surface area contributed by atoms with Crippen molar-refractivity contribution in [3.05, 3.63) is 70.4 Å². The third kappa shape index (κ3) is 5.10. The van der Waals surface area contributed by atoms with Crippen LogP contribution in [0, 0.1) is 31.1 Å². The van der Waals surface area contributed by atoms with E-state index in [-0.39, 0.29) is 24.2 Å². The number of halogens is 1. The Morgan fingerprint density at radius 1 is 1.03 bits per heavy atom. The molecule has 3 aromatic rings. The SMILES string of the molecule is Cc1cccc(C)c1C1CCN(Cc2c(C(=O)N3CCC[C@H](C#N)C3)[nH]c3ccccc23)CC1.Cl. The largest absolute Gasteiger partial charge is 0.350 e. The number of aromatic amines is 1. The van der Waals surface area contributed by atoms with Crippen LogP contribution < -0.4 is 0 Å². The van der Waals surface area contributed by atoms with E-state index in [4.69, 9.17) is 0 Å². The summed E-state index contributed by atoms with van der Waals surface area (Å²) in [5, 5.41) is 10.5.